The van der Waals surface area contributed by atoms with E-state index in [0.29, 0.717) is 0 Å². The standard InChI is InChI=1S/C14H22N2OS/c1-11(2)16(9-12-5-4-8-18-12)13(17)14(3)6-7-15-10-14/h4-5,8,11,15H,6-7,9-10H2,1-3H3. The van der Waals surface area contributed by atoms with Crippen LogP contribution in [0.4, 0.5) is 0 Å². The molecular weight excluding hydrogens is 244 g/mol. The van der Waals surface area contributed by atoms with Crippen molar-refractivity contribution in [3.63, 3.8) is 0 Å². The van der Waals surface area contributed by atoms with Gasteiger partial charge in [0.15, 0.2) is 0 Å². The SMILES string of the molecule is CC(C)N(Cc1cccs1)C(=O)C1(C)CCNC1. The second kappa shape index (κ2) is 5.41. The van der Waals surface area contributed by atoms with Crippen LogP contribution in [0.2, 0.25) is 0 Å². The van der Waals surface area contributed by atoms with Gasteiger partial charge in [-0.2, -0.15) is 0 Å². The average Bonchev–Trinajstić information content (AvgIpc) is 2.96. The number of amides is 1. The normalized spacial score (nSPS) is 23.6. The van der Waals surface area contributed by atoms with Gasteiger partial charge in [-0.1, -0.05) is 6.07 Å². The molecule has 100 valence electrons. The van der Waals surface area contributed by atoms with E-state index in [4.69, 9.17) is 0 Å². The van der Waals surface area contributed by atoms with E-state index < -0.39 is 0 Å². The van der Waals surface area contributed by atoms with Crippen molar-refractivity contribution < 1.29 is 4.79 Å². The van der Waals surface area contributed by atoms with Crippen LogP contribution in [-0.2, 0) is 11.3 Å². The highest BCUT2D eigenvalue weighted by atomic mass is 32.1. The van der Waals surface area contributed by atoms with Crippen molar-refractivity contribution in [1.29, 1.82) is 0 Å². The summed E-state index contributed by atoms with van der Waals surface area (Å²) in [5.41, 5.74) is -0.221. The molecule has 1 aromatic rings. The van der Waals surface area contributed by atoms with E-state index in [0.717, 1.165) is 26.1 Å². The van der Waals surface area contributed by atoms with Crippen LogP contribution in [-0.4, -0.2) is 29.9 Å². The van der Waals surface area contributed by atoms with Crippen molar-refractivity contribution >= 4 is 17.2 Å². The number of hydrogen-bond donors (Lipinski definition) is 1. The molecule has 4 heteroatoms. The van der Waals surface area contributed by atoms with Gasteiger partial charge in [0.25, 0.3) is 0 Å². The summed E-state index contributed by atoms with van der Waals surface area (Å²) in [6.45, 7) is 8.77. The van der Waals surface area contributed by atoms with E-state index in [2.05, 4.69) is 37.5 Å². The lowest BCUT2D eigenvalue weighted by molar-refractivity contribution is -0.142. The van der Waals surface area contributed by atoms with Crippen molar-refractivity contribution in [1.82, 2.24) is 10.2 Å². The molecule has 2 heterocycles. The fourth-order valence-electron chi connectivity index (χ4n) is 2.41. The van der Waals surface area contributed by atoms with Crippen LogP contribution in [0, 0.1) is 5.41 Å². The number of carbonyl (C=O) groups is 1. The molecule has 1 saturated heterocycles. The minimum absolute atomic E-state index is 0.221. The zero-order valence-electron chi connectivity index (χ0n) is 11.4. The number of nitrogens with one attached hydrogen (secondary N) is 1. The second-order valence-electron chi connectivity index (χ2n) is 5.59. The number of nitrogens with zero attached hydrogens (tertiary/aromatic N) is 1. The molecule has 1 atom stereocenters. The predicted molar refractivity (Wildman–Crippen MR) is 75.6 cm³/mol. The van der Waals surface area contributed by atoms with Gasteiger partial charge in [-0.15, -0.1) is 11.3 Å². The Morgan fingerprint density at radius 2 is 2.39 bits per heavy atom. The highest BCUT2D eigenvalue weighted by Gasteiger charge is 2.39. The summed E-state index contributed by atoms with van der Waals surface area (Å²) in [4.78, 5) is 16.0. The van der Waals surface area contributed by atoms with Crippen molar-refractivity contribution in [2.75, 3.05) is 13.1 Å². The first-order chi connectivity index (χ1) is 8.53. The number of hydrogen-bond acceptors (Lipinski definition) is 3. The summed E-state index contributed by atoms with van der Waals surface area (Å²) >= 11 is 1.72. The molecule has 1 N–H and O–H groups in total. The van der Waals surface area contributed by atoms with E-state index >= 15 is 0 Å². The zero-order chi connectivity index (χ0) is 13.2. The molecule has 1 aliphatic heterocycles. The fraction of sp³-hybridized carbons (Fsp3) is 0.643. The summed E-state index contributed by atoms with van der Waals surface area (Å²) < 4.78 is 0. The molecule has 0 aliphatic carbocycles. The molecular formula is C14H22N2OS. The first-order valence-corrected chi connectivity index (χ1v) is 7.45. The van der Waals surface area contributed by atoms with Gasteiger partial charge in [0.1, 0.15) is 0 Å². The Bertz CT molecular complexity index is 394. The smallest absolute Gasteiger partial charge is 0.230 e. The minimum Gasteiger partial charge on any atom is -0.335 e. The van der Waals surface area contributed by atoms with Crippen LogP contribution < -0.4 is 5.32 Å². The highest BCUT2D eigenvalue weighted by Crippen LogP contribution is 2.29. The third-order valence-electron chi connectivity index (χ3n) is 3.68. The van der Waals surface area contributed by atoms with E-state index in [9.17, 15) is 4.79 Å². The van der Waals surface area contributed by atoms with Crippen molar-refractivity contribution in [2.45, 2.75) is 39.8 Å². The Morgan fingerprint density at radius 1 is 1.61 bits per heavy atom. The third kappa shape index (κ3) is 2.75. The Labute approximate surface area is 113 Å². The number of thiophene rings is 1. The van der Waals surface area contributed by atoms with Gasteiger partial charge in [0, 0.05) is 17.5 Å². The van der Waals surface area contributed by atoms with E-state index in [-0.39, 0.29) is 17.4 Å². The van der Waals surface area contributed by atoms with Crippen LogP contribution in [0.1, 0.15) is 32.1 Å². The van der Waals surface area contributed by atoms with Crippen molar-refractivity contribution in [3.05, 3.63) is 22.4 Å². The van der Waals surface area contributed by atoms with E-state index in [1.807, 2.05) is 11.0 Å². The maximum atomic E-state index is 12.7. The Kier molecular flexibility index (Phi) is 4.07. The van der Waals surface area contributed by atoms with Gasteiger partial charge in [-0.05, 0) is 45.2 Å². The molecule has 0 spiro atoms. The van der Waals surface area contributed by atoms with Crippen LogP contribution in [0.15, 0.2) is 17.5 Å². The largest absolute Gasteiger partial charge is 0.335 e. The van der Waals surface area contributed by atoms with E-state index in [1.54, 1.807) is 11.3 Å². The van der Waals surface area contributed by atoms with Gasteiger partial charge >= 0.3 is 0 Å². The van der Waals surface area contributed by atoms with Crippen molar-refractivity contribution in [2.24, 2.45) is 5.41 Å². The molecule has 1 amide bonds. The topological polar surface area (TPSA) is 32.3 Å². The van der Waals surface area contributed by atoms with E-state index in [1.165, 1.54) is 4.88 Å². The Balaban J connectivity index is 2.12. The second-order valence-corrected chi connectivity index (χ2v) is 6.63. The van der Waals surface area contributed by atoms with Crippen LogP contribution >= 0.6 is 11.3 Å². The third-order valence-corrected chi connectivity index (χ3v) is 4.54. The van der Waals surface area contributed by atoms with Crippen molar-refractivity contribution in [3.8, 4) is 0 Å². The summed E-state index contributed by atoms with van der Waals surface area (Å²) in [5, 5.41) is 5.37. The predicted octanol–water partition coefficient (Wildman–Crippen LogP) is 2.48. The number of carbonyl (C=O) groups excluding carboxylic acids is 1. The molecule has 2 rings (SSSR count). The number of rotatable bonds is 4. The molecule has 1 unspecified atom stereocenters. The molecule has 1 aliphatic rings. The fourth-order valence-corrected chi connectivity index (χ4v) is 3.11. The van der Waals surface area contributed by atoms with Crippen LogP contribution in [0.25, 0.3) is 0 Å². The molecule has 0 saturated carbocycles. The first-order valence-electron chi connectivity index (χ1n) is 6.57. The lowest BCUT2D eigenvalue weighted by Gasteiger charge is -2.34. The monoisotopic (exact) mass is 266 g/mol. The van der Waals surface area contributed by atoms with Gasteiger partial charge in [-0.25, -0.2) is 0 Å². The summed E-state index contributed by atoms with van der Waals surface area (Å²) in [6, 6.07) is 4.39. The van der Waals surface area contributed by atoms with Gasteiger partial charge in [0.2, 0.25) is 5.91 Å². The van der Waals surface area contributed by atoms with Gasteiger partial charge < -0.3 is 10.2 Å². The summed E-state index contributed by atoms with van der Waals surface area (Å²) in [5.74, 6) is 0.288. The summed E-state index contributed by atoms with van der Waals surface area (Å²) in [7, 11) is 0. The van der Waals surface area contributed by atoms with Crippen LogP contribution in [0.3, 0.4) is 0 Å². The lowest BCUT2D eigenvalue weighted by atomic mass is 9.87. The zero-order valence-corrected chi connectivity index (χ0v) is 12.2. The maximum absolute atomic E-state index is 12.7. The Hall–Kier alpha value is -0.870. The highest BCUT2D eigenvalue weighted by molar-refractivity contribution is 7.09. The molecule has 3 nitrogen and oxygen atoms in total. The molecule has 0 radical (unpaired) electrons. The maximum Gasteiger partial charge on any atom is 0.230 e. The quantitative estimate of drug-likeness (QED) is 0.908. The molecule has 0 aromatic carbocycles. The molecule has 1 fully saturated rings. The Morgan fingerprint density at radius 3 is 2.89 bits per heavy atom. The lowest BCUT2D eigenvalue weighted by Crippen LogP contribution is -2.46. The molecule has 0 bridgehead atoms. The van der Waals surface area contributed by atoms with Gasteiger partial charge in [-0.3, -0.25) is 4.79 Å². The molecule has 18 heavy (non-hydrogen) atoms. The van der Waals surface area contributed by atoms with Gasteiger partial charge in [0.05, 0.1) is 12.0 Å². The average molecular weight is 266 g/mol. The summed E-state index contributed by atoms with van der Waals surface area (Å²) in [6.07, 6.45) is 0.944. The first kappa shape index (κ1) is 13.6. The minimum atomic E-state index is -0.221. The molecule has 1 aromatic heterocycles. The van der Waals surface area contributed by atoms with Crippen LogP contribution in [0.5, 0.6) is 0 Å².